The zero-order valence-electron chi connectivity index (χ0n) is 21.4. The molecule has 5 nitrogen and oxygen atoms in total. The Hall–Kier alpha value is -3.44. The average Bonchev–Trinajstić information content (AvgIpc) is 3.73. The molecule has 1 saturated carbocycles. The minimum Gasteiger partial charge on any atom is -0.462 e. The molecule has 36 heavy (non-hydrogen) atoms. The summed E-state index contributed by atoms with van der Waals surface area (Å²) >= 11 is 0. The molecule has 5 heteroatoms. The number of carbonyl (C=O) groups excluding carboxylic acids is 2. The lowest BCUT2D eigenvalue weighted by Gasteiger charge is -2.29. The van der Waals surface area contributed by atoms with E-state index >= 15 is 0 Å². The lowest BCUT2D eigenvalue weighted by Crippen LogP contribution is -2.45. The van der Waals surface area contributed by atoms with Crippen LogP contribution in [0.25, 0.3) is 11.1 Å². The Morgan fingerprint density at radius 2 is 1.56 bits per heavy atom. The predicted molar refractivity (Wildman–Crippen MR) is 145 cm³/mol. The molecule has 2 N–H and O–H groups in total. The molecule has 3 aromatic rings. The molecule has 0 unspecified atom stereocenters. The molecular weight excluding hydrogens is 448 g/mol. The summed E-state index contributed by atoms with van der Waals surface area (Å²) in [6.07, 6.45) is 1.85. The zero-order valence-corrected chi connectivity index (χ0v) is 21.4. The number of ether oxygens (including phenoxy) is 1. The molecule has 4 atom stereocenters. The van der Waals surface area contributed by atoms with Gasteiger partial charge in [0.1, 0.15) is 0 Å². The van der Waals surface area contributed by atoms with Crippen LogP contribution in [-0.2, 0) is 9.53 Å². The standard InChI is InChI=1S/C31H36N2O3/c1-4-21(3)29(32)20-33(30(34)28-19-27(28)24-9-7-6-8-10-24)26-17-15-23(16-18-26)22-11-13-25(14-12-22)31(35)36-5-2/h6-18,21,27-29H,4-5,19-20,32H2,1-3H3/t21-,27-,28+,29+/m0/s1. The number of esters is 1. The molecule has 4 rings (SSSR count). The van der Waals surface area contributed by atoms with E-state index in [9.17, 15) is 9.59 Å². The van der Waals surface area contributed by atoms with Crippen LogP contribution in [-0.4, -0.2) is 31.1 Å². The third-order valence-electron chi connectivity index (χ3n) is 7.28. The minimum absolute atomic E-state index is 0.00775. The quantitative estimate of drug-likeness (QED) is 0.356. The highest BCUT2D eigenvalue weighted by atomic mass is 16.5. The third kappa shape index (κ3) is 5.85. The van der Waals surface area contributed by atoms with Crippen molar-refractivity contribution < 1.29 is 14.3 Å². The van der Waals surface area contributed by atoms with Crippen molar-refractivity contribution in [1.82, 2.24) is 0 Å². The van der Waals surface area contributed by atoms with E-state index in [2.05, 4.69) is 26.0 Å². The van der Waals surface area contributed by atoms with Gasteiger partial charge in [-0.2, -0.15) is 0 Å². The van der Waals surface area contributed by atoms with E-state index in [0.717, 1.165) is 29.7 Å². The van der Waals surface area contributed by atoms with Crippen LogP contribution in [0.5, 0.6) is 0 Å². The fourth-order valence-corrected chi connectivity index (χ4v) is 4.60. The van der Waals surface area contributed by atoms with Gasteiger partial charge in [0.2, 0.25) is 5.91 Å². The fourth-order valence-electron chi connectivity index (χ4n) is 4.60. The number of amides is 1. The van der Waals surface area contributed by atoms with E-state index in [4.69, 9.17) is 10.5 Å². The molecular formula is C31H36N2O3. The Morgan fingerprint density at radius 3 is 2.14 bits per heavy atom. The van der Waals surface area contributed by atoms with Crippen molar-refractivity contribution in [3.63, 3.8) is 0 Å². The Morgan fingerprint density at radius 1 is 0.944 bits per heavy atom. The third-order valence-corrected chi connectivity index (χ3v) is 7.28. The van der Waals surface area contributed by atoms with E-state index < -0.39 is 0 Å². The van der Waals surface area contributed by atoms with Gasteiger partial charge in [0.05, 0.1) is 12.2 Å². The summed E-state index contributed by atoms with van der Waals surface area (Å²) in [6.45, 7) is 6.92. The van der Waals surface area contributed by atoms with Crippen molar-refractivity contribution >= 4 is 17.6 Å². The Kier molecular flexibility index (Phi) is 8.21. The van der Waals surface area contributed by atoms with Gasteiger partial charge in [-0.05, 0) is 66.1 Å². The van der Waals surface area contributed by atoms with Crippen LogP contribution >= 0.6 is 0 Å². The lowest BCUT2D eigenvalue weighted by molar-refractivity contribution is -0.120. The number of anilines is 1. The number of nitrogens with two attached hydrogens (primary N) is 1. The molecule has 0 bridgehead atoms. The zero-order chi connectivity index (χ0) is 25.7. The number of benzene rings is 3. The highest BCUT2D eigenvalue weighted by Gasteiger charge is 2.46. The van der Waals surface area contributed by atoms with Gasteiger partial charge in [-0.15, -0.1) is 0 Å². The van der Waals surface area contributed by atoms with Gasteiger partial charge in [-0.25, -0.2) is 4.79 Å². The van der Waals surface area contributed by atoms with E-state index in [0.29, 0.717) is 24.6 Å². The van der Waals surface area contributed by atoms with Crippen molar-refractivity contribution in [1.29, 1.82) is 0 Å². The van der Waals surface area contributed by atoms with Crippen molar-refractivity contribution in [3.05, 3.63) is 90.0 Å². The summed E-state index contributed by atoms with van der Waals surface area (Å²) in [6, 6.07) is 25.6. The van der Waals surface area contributed by atoms with Crippen LogP contribution in [0.2, 0.25) is 0 Å². The fraction of sp³-hybridized carbons (Fsp3) is 0.355. The Bertz CT molecular complexity index is 1160. The number of nitrogens with zero attached hydrogens (tertiary/aromatic N) is 1. The lowest BCUT2D eigenvalue weighted by atomic mass is 9.98. The Balaban J connectivity index is 1.53. The molecule has 1 amide bonds. The number of carbonyl (C=O) groups is 2. The highest BCUT2D eigenvalue weighted by Crippen LogP contribution is 2.49. The number of rotatable bonds is 10. The maximum Gasteiger partial charge on any atom is 0.338 e. The molecule has 1 aliphatic carbocycles. The molecule has 3 aromatic carbocycles. The van der Waals surface area contributed by atoms with Crippen molar-refractivity contribution in [3.8, 4) is 11.1 Å². The van der Waals surface area contributed by atoms with E-state index in [1.807, 2.05) is 59.5 Å². The van der Waals surface area contributed by atoms with E-state index in [1.54, 1.807) is 19.1 Å². The molecule has 0 saturated heterocycles. The topological polar surface area (TPSA) is 72.6 Å². The van der Waals surface area contributed by atoms with Crippen molar-refractivity contribution in [2.75, 3.05) is 18.1 Å². The van der Waals surface area contributed by atoms with E-state index in [-0.39, 0.29) is 29.8 Å². The van der Waals surface area contributed by atoms with Gasteiger partial charge < -0.3 is 15.4 Å². The molecule has 188 valence electrons. The van der Waals surface area contributed by atoms with Crippen LogP contribution in [0.3, 0.4) is 0 Å². The summed E-state index contributed by atoms with van der Waals surface area (Å²) in [5.74, 6) is 0.417. The smallest absolute Gasteiger partial charge is 0.338 e. The van der Waals surface area contributed by atoms with Crippen LogP contribution in [0, 0.1) is 11.8 Å². The second-order valence-electron chi connectivity index (χ2n) is 9.70. The molecule has 0 spiro atoms. The summed E-state index contributed by atoms with van der Waals surface area (Å²) in [5.41, 5.74) is 11.2. The maximum atomic E-state index is 13.7. The summed E-state index contributed by atoms with van der Waals surface area (Å²) < 4.78 is 5.07. The first-order valence-corrected chi connectivity index (χ1v) is 12.9. The van der Waals surface area contributed by atoms with Gasteiger partial charge in [-0.1, -0.05) is 74.9 Å². The molecule has 0 aromatic heterocycles. The normalized spacial score (nSPS) is 18.2. The number of hydrogen-bond donors (Lipinski definition) is 1. The minimum atomic E-state index is -0.319. The van der Waals surface area contributed by atoms with Crippen LogP contribution in [0.4, 0.5) is 5.69 Å². The maximum absolute atomic E-state index is 13.7. The molecule has 1 fully saturated rings. The van der Waals surface area contributed by atoms with E-state index in [1.165, 1.54) is 5.56 Å². The molecule has 1 aliphatic rings. The second kappa shape index (κ2) is 11.5. The SMILES string of the molecule is CCOC(=O)c1ccc(-c2ccc(N(C[C@@H](N)[C@@H](C)CC)C(=O)[C@@H]3C[C@H]3c3ccccc3)cc2)cc1. The van der Waals surface area contributed by atoms with Gasteiger partial charge in [0, 0.05) is 24.2 Å². The summed E-state index contributed by atoms with van der Waals surface area (Å²) in [5, 5.41) is 0. The first-order valence-electron chi connectivity index (χ1n) is 12.9. The predicted octanol–water partition coefficient (Wildman–Crippen LogP) is 6.04. The summed E-state index contributed by atoms with van der Waals surface area (Å²) in [7, 11) is 0. The summed E-state index contributed by atoms with van der Waals surface area (Å²) in [4.78, 5) is 27.5. The van der Waals surface area contributed by atoms with Crippen molar-refractivity contribution in [2.45, 2.75) is 45.6 Å². The second-order valence-corrected chi connectivity index (χ2v) is 9.70. The van der Waals surface area contributed by atoms with Gasteiger partial charge in [0.15, 0.2) is 0 Å². The molecule has 0 heterocycles. The molecule has 0 aliphatic heterocycles. The van der Waals surface area contributed by atoms with Crippen LogP contribution < -0.4 is 10.6 Å². The highest BCUT2D eigenvalue weighted by molar-refractivity contribution is 5.98. The number of hydrogen-bond acceptors (Lipinski definition) is 4. The van der Waals surface area contributed by atoms with Gasteiger partial charge in [0.25, 0.3) is 0 Å². The van der Waals surface area contributed by atoms with Crippen molar-refractivity contribution in [2.24, 2.45) is 17.6 Å². The van der Waals surface area contributed by atoms with Gasteiger partial charge >= 0.3 is 5.97 Å². The Labute approximate surface area is 214 Å². The van der Waals surface area contributed by atoms with Crippen LogP contribution in [0.15, 0.2) is 78.9 Å². The first-order chi connectivity index (χ1) is 17.4. The largest absolute Gasteiger partial charge is 0.462 e. The van der Waals surface area contributed by atoms with Crippen LogP contribution in [0.1, 0.15) is 55.5 Å². The van der Waals surface area contributed by atoms with Gasteiger partial charge in [-0.3, -0.25) is 4.79 Å². The first kappa shape index (κ1) is 25.6. The average molecular weight is 485 g/mol. The monoisotopic (exact) mass is 484 g/mol. The molecule has 0 radical (unpaired) electrons.